The highest BCUT2D eigenvalue weighted by atomic mass is 79.9. The number of halogens is 2. The van der Waals surface area contributed by atoms with E-state index in [2.05, 4.69) is 21.0 Å². The summed E-state index contributed by atoms with van der Waals surface area (Å²) in [6.07, 6.45) is 3.66. The normalized spacial score (nSPS) is 10.5. The maximum Gasteiger partial charge on any atom is 0.0660 e. The molecule has 15 heavy (non-hydrogen) atoms. The fourth-order valence-electron chi connectivity index (χ4n) is 1.30. The molecule has 2 N–H and O–H groups in total. The molecule has 1 aromatic carbocycles. The standard InChI is InChI=1S/C10H9BrClN3/c11-8-4-14-15(6-8)5-7-1-2-9(12)10(13)3-7/h1-4,6H,5,13H2. The van der Waals surface area contributed by atoms with Gasteiger partial charge in [0.05, 0.1) is 27.9 Å². The Hall–Kier alpha value is -1.00. The van der Waals surface area contributed by atoms with Gasteiger partial charge in [0.2, 0.25) is 0 Å². The number of benzene rings is 1. The largest absolute Gasteiger partial charge is 0.398 e. The Morgan fingerprint density at radius 3 is 2.87 bits per heavy atom. The van der Waals surface area contributed by atoms with E-state index in [1.54, 1.807) is 12.3 Å². The summed E-state index contributed by atoms with van der Waals surface area (Å²) in [6.45, 7) is 0.687. The van der Waals surface area contributed by atoms with Crippen LogP contribution in [-0.4, -0.2) is 9.78 Å². The number of rotatable bonds is 2. The van der Waals surface area contributed by atoms with Crippen molar-refractivity contribution in [1.82, 2.24) is 9.78 Å². The van der Waals surface area contributed by atoms with Crippen LogP contribution in [0.1, 0.15) is 5.56 Å². The molecule has 0 aliphatic rings. The minimum absolute atomic E-state index is 0.584. The predicted octanol–water partition coefficient (Wildman–Crippen LogP) is 2.93. The van der Waals surface area contributed by atoms with E-state index < -0.39 is 0 Å². The molecular weight excluding hydrogens is 277 g/mol. The third-order valence-corrected chi connectivity index (χ3v) is 2.76. The first-order chi connectivity index (χ1) is 7.15. The summed E-state index contributed by atoms with van der Waals surface area (Å²) in [6, 6.07) is 5.59. The van der Waals surface area contributed by atoms with Crippen molar-refractivity contribution >= 4 is 33.2 Å². The highest BCUT2D eigenvalue weighted by Gasteiger charge is 2.00. The highest BCUT2D eigenvalue weighted by molar-refractivity contribution is 9.10. The maximum absolute atomic E-state index is 5.83. The van der Waals surface area contributed by atoms with Crippen LogP contribution >= 0.6 is 27.5 Å². The lowest BCUT2D eigenvalue weighted by Gasteiger charge is -2.04. The van der Waals surface area contributed by atoms with Gasteiger partial charge in [0.15, 0.2) is 0 Å². The van der Waals surface area contributed by atoms with Gasteiger partial charge in [-0.05, 0) is 33.6 Å². The number of hydrogen-bond acceptors (Lipinski definition) is 2. The monoisotopic (exact) mass is 285 g/mol. The van der Waals surface area contributed by atoms with Gasteiger partial charge in [-0.1, -0.05) is 17.7 Å². The minimum Gasteiger partial charge on any atom is -0.398 e. The molecule has 2 aromatic rings. The first-order valence-corrected chi connectivity index (χ1v) is 5.54. The average Bonchev–Trinajstić information content (AvgIpc) is 2.58. The SMILES string of the molecule is Nc1cc(Cn2cc(Br)cn2)ccc1Cl. The Kier molecular flexibility index (Phi) is 2.98. The number of nitrogens with zero attached hydrogens (tertiary/aromatic N) is 2. The lowest BCUT2D eigenvalue weighted by Crippen LogP contribution is -2.00. The molecule has 0 amide bonds. The number of aromatic nitrogens is 2. The second-order valence-electron chi connectivity index (χ2n) is 3.21. The number of nitrogen functional groups attached to an aromatic ring is 1. The van der Waals surface area contributed by atoms with Gasteiger partial charge in [-0.15, -0.1) is 0 Å². The summed E-state index contributed by atoms with van der Waals surface area (Å²) in [5.41, 5.74) is 7.38. The summed E-state index contributed by atoms with van der Waals surface area (Å²) in [5.74, 6) is 0. The molecule has 0 saturated carbocycles. The van der Waals surface area contributed by atoms with Crippen molar-refractivity contribution in [1.29, 1.82) is 0 Å². The van der Waals surface area contributed by atoms with Crippen LogP contribution in [0.2, 0.25) is 5.02 Å². The van der Waals surface area contributed by atoms with Crippen LogP contribution in [0.5, 0.6) is 0 Å². The third kappa shape index (κ3) is 2.52. The first kappa shape index (κ1) is 10.5. The molecule has 0 bridgehead atoms. The number of nitrogens with two attached hydrogens (primary N) is 1. The quantitative estimate of drug-likeness (QED) is 0.863. The third-order valence-electron chi connectivity index (χ3n) is 2.01. The zero-order valence-electron chi connectivity index (χ0n) is 7.82. The second kappa shape index (κ2) is 4.24. The van der Waals surface area contributed by atoms with E-state index in [0.29, 0.717) is 17.3 Å². The molecule has 0 unspecified atom stereocenters. The molecule has 0 spiro atoms. The van der Waals surface area contributed by atoms with Crippen molar-refractivity contribution in [3.63, 3.8) is 0 Å². The predicted molar refractivity (Wildman–Crippen MR) is 64.9 cm³/mol. The molecule has 0 radical (unpaired) electrons. The van der Waals surface area contributed by atoms with Crippen molar-refractivity contribution in [2.45, 2.75) is 6.54 Å². The van der Waals surface area contributed by atoms with E-state index in [1.807, 2.05) is 23.0 Å². The van der Waals surface area contributed by atoms with Gasteiger partial charge in [0.1, 0.15) is 0 Å². The van der Waals surface area contributed by atoms with Gasteiger partial charge in [-0.3, -0.25) is 4.68 Å². The maximum atomic E-state index is 5.83. The summed E-state index contributed by atoms with van der Waals surface area (Å²) >= 11 is 9.18. The van der Waals surface area contributed by atoms with Crippen LogP contribution in [0, 0.1) is 0 Å². The first-order valence-electron chi connectivity index (χ1n) is 4.37. The molecule has 78 valence electrons. The van der Waals surface area contributed by atoms with Gasteiger partial charge < -0.3 is 5.73 Å². The zero-order chi connectivity index (χ0) is 10.8. The van der Waals surface area contributed by atoms with E-state index in [4.69, 9.17) is 17.3 Å². The fraction of sp³-hybridized carbons (Fsp3) is 0.100. The lowest BCUT2D eigenvalue weighted by atomic mass is 10.2. The summed E-state index contributed by atoms with van der Waals surface area (Å²) in [4.78, 5) is 0. The lowest BCUT2D eigenvalue weighted by molar-refractivity contribution is 0.687. The summed E-state index contributed by atoms with van der Waals surface area (Å²) < 4.78 is 2.79. The van der Waals surface area contributed by atoms with Gasteiger partial charge >= 0.3 is 0 Å². The Bertz CT molecular complexity index is 481. The Labute approximate surface area is 101 Å². The highest BCUT2D eigenvalue weighted by Crippen LogP contribution is 2.20. The van der Waals surface area contributed by atoms with Gasteiger partial charge in [-0.2, -0.15) is 5.10 Å². The van der Waals surface area contributed by atoms with Crippen molar-refractivity contribution < 1.29 is 0 Å². The van der Waals surface area contributed by atoms with Crippen LogP contribution < -0.4 is 5.73 Å². The summed E-state index contributed by atoms with van der Waals surface area (Å²) in [5, 5.41) is 4.74. The molecule has 0 saturated heterocycles. The van der Waals surface area contributed by atoms with Gasteiger partial charge in [0.25, 0.3) is 0 Å². The Morgan fingerprint density at radius 1 is 1.47 bits per heavy atom. The van der Waals surface area contributed by atoms with Crippen LogP contribution in [-0.2, 0) is 6.54 Å². The van der Waals surface area contributed by atoms with Gasteiger partial charge in [0, 0.05) is 6.20 Å². The molecule has 3 nitrogen and oxygen atoms in total. The molecule has 5 heteroatoms. The smallest absolute Gasteiger partial charge is 0.0660 e. The van der Waals surface area contributed by atoms with Crippen molar-refractivity contribution in [2.75, 3.05) is 5.73 Å². The van der Waals surface area contributed by atoms with E-state index in [0.717, 1.165) is 10.0 Å². The molecule has 2 rings (SSSR count). The molecule has 1 aromatic heterocycles. The number of hydrogen-bond donors (Lipinski definition) is 1. The van der Waals surface area contributed by atoms with Crippen LogP contribution in [0.3, 0.4) is 0 Å². The van der Waals surface area contributed by atoms with Crippen molar-refractivity contribution in [3.05, 3.63) is 45.7 Å². The average molecular weight is 287 g/mol. The molecule has 1 heterocycles. The topological polar surface area (TPSA) is 43.8 Å². The Morgan fingerprint density at radius 2 is 2.27 bits per heavy atom. The zero-order valence-corrected chi connectivity index (χ0v) is 10.2. The molecular formula is C10H9BrClN3. The van der Waals surface area contributed by atoms with Crippen LogP contribution in [0.15, 0.2) is 35.1 Å². The van der Waals surface area contributed by atoms with E-state index in [1.165, 1.54) is 0 Å². The number of anilines is 1. The van der Waals surface area contributed by atoms with E-state index >= 15 is 0 Å². The van der Waals surface area contributed by atoms with E-state index in [9.17, 15) is 0 Å². The molecule has 0 aliphatic carbocycles. The van der Waals surface area contributed by atoms with E-state index in [-0.39, 0.29) is 0 Å². The molecule has 0 atom stereocenters. The van der Waals surface area contributed by atoms with Gasteiger partial charge in [-0.25, -0.2) is 0 Å². The van der Waals surface area contributed by atoms with Crippen LogP contribution in [0.4, 0.5) is 5.69 Å². The fourth-order valence-corrected chi connectivity index (χ4v) is 1.75. The Balaban J connectivity index is 2.21. The second-order valence-corrected chi connectivity index (χ2v) is 4.53. The minimum atomic E-state index is 0.584. The van der Waals surface area contributed by atoms with Crippen molar-refractivity contribution in [3.8, 4) is 0 Å². The summed E-state index contributed by atoms with van der Waals surface area (Å²) in [7, 11) is 0. The molecule has 0 fully saturated rings. The van der Waals surface area contributed by atoms with Crippen molar-refractivity contribution in [2.24, 2.45) is 0 Å². The van der Waals surface area contributed by atoms with Crippen LogP contribution in [0.25, 0.3) is 0 Å². The molecule has 0 aliphatic heterocycles.